The third-order valence-corrected chi connectivity index (χ3v) is 9.47. The number of rotatable bonds is 7. The lowest BCUT2D eigenvalue weighted by Gasteiger charge is -2.36. The maximum atomic E-state index is 12.9. The number of nitriles is 1. The Morgan fingerprint density at radius 1 is 1.18 bits per heavy atom. The molecule has 1 atom stereocenters. The predicted octanol–water partition coefficient (Wildman–Crippen LogP) is 2.39. The number of nitrogens with zero attached hydrogens (tertiary/aromatic N) is 1. The van der Waals surface area contributed by atoms with E-state index < -0.39 is 0 Å². The second-order valence-corrected chi connectivity index (χ2v) is 12.1. The van der Waals surface area contributed by atoms with Gasteiger partial charge in [-0.15, -0.1) is 11.3 Å². The van der Waals surface area contributed by atoms with Crippen molar-refractivity contribution in [3.8, 4) is 6.07 Å². The van der Waals surface area contributed by atoms with Crippen LogP contribution in [0.4, 0.5) is 5.00 Å². The summed E-state index contributed by atoms with van der Waals surface area (Å²) in [6, 6.07) is 11.2. The van der Waals surface area contributed by atoms with Crippen molar-refractivity contribution in [2.75, 3.05) is 38.0 Å². The normalized spacial score (nSPS) is 22.6. The van der Waals surface area contributed by atoms with Crippen molar-refractivity contribution in [1.82, 2.24) is 0 Å². The molecule has 3 N–H and O–H groups in total. The molecule has 2 heterocycles. The average Bonchev–Trinajstić information content (AvgIpc) is 3.17. The molecule has 1 saturated heterocycles. The van der Waals surface area contributed by atoms with Crippen LogP contribution in [-0.2, 0) is 24.2 Å². The lowest BCUT2D eigenvalue weighted by atomic mass is 9.69. The van der Waals surface area contributed by atoms with E-state index in [4.69, 9.17) is 0 Å². The Hall–Kier alpha value is -2.20. The van der Waals surface area contributed by atoms with E-state index in [9.17, 15) is 10.1 Å². The summed E-state index contributed by atoms with van der Waals surface area (Å²) >= 11 is 1.64. The fourth-order valence-electron chi connectivity index (χ4n) is 5.45. The summed E-state index contributed by atoms with van der Waals surface area (Å²) in [5.74, 6) is 0.680. The largest absolute Gasteiger partial charge is 0.322 e. The molecule has 0 bridgehead atoms. The molecule has 2 aromatic rings. The van der Waals surface area contributed by atoms with Gasteiger partial charge in [0.2, 0.25) is 0 Å². The quantitative estimate of drug-likeness (QED) is 0.570. The maximum absolute atomic E-state index is 12.9. The monoisotopic (exact) mass is 480 g/mol. The van der Waals surface area contributed by atoms with Gasteiger partial charge in [0.15, 0.2) is 6.54 Å². The average molecular weight is 481 g/mol. The molecule has 0 spiro atoms. The van der Waals surface area contributed by atoms with Gasteiger partial charge in [-0.2, -0.15) is 5.26 Å². The third kappa shape index (κ3) is 5.71. The lowest BCUT2D eigenvalue weighted by Crippen LogP contribution is -3.28. The molecule has 1 unspecified atom stereocenters. The van der Waals surface area contributed by atoms with Crippen molar-refractivity contribution < 1.29 is 14.6 Å². The summed E-state index contributed by atoms with van der Waals surface area (Å²) in [6.07, 6.45) is 4.28. The molecule has 2 aliphatic rings. The molecule has 5 nitrogen and oxygen atoms in total. The van der Waals surface area contributed by atoms with Crippen LogP contribution in [0.25, 0.3) is 0 Å². The van der Waals surface area contributed by atoms with Crippen LogP contribution in [0.2, 0.25) is 0 Å². The maximum Gasteiger partial charge on any atom is 0.280 e. The number of carbonyl (C=O) groups excluding carboxylic acids is 1. The molecule has 4 rings (SSSR count). The van der Waals surface area contributed by atoms with Crippen molar-refractivity contribution in [2.45, 2.75) is 59.9 Å². The molecule has 182 valence electrons. The SMILES string of the molecule is CCC(C)(C)C1CCc2c(sc(NC(=O)C[NH+]3CC[NH+](Cc4ccc(C)cc4)CC3)c2C#N)C1. The smallest absolute Gasteiger partial charge is 0.280 e. The number of anilines is 1. The molecule has 34 heavy (non-hydrogen) atoms. The summed E-state index contributed by atoms with van der Waals surface area (Å²) in [4.78, 5) is 17.1. The Balaban J connectivity index is 1.31. The summed E-state index contributed by atoms with van der Waals surface area (Å²) in [6.45, 7) is 14.8. The van der Waals surface area contributed by atoms with Crippen molar-refractivity contribution in [3.05, 3.63) is 51.4 Å². The number of amides is 1. The van der Waals surface area contributed by atoms with Crippen LogP contribution in [0, 0.1) is 29.6 Å². The van der Waals surface area contributed by atoms with Crippen LogP contribution in [0.5, 0.6) is 0 Å². The zero-order chi connectivity index (χ0) is 24.3. The molecule has 1 aliphatic heterocycles. The number of quaternary nitrogens is 2. The zero-order valence-electron chi connectivity index (χ0n) is 21.2. The fourth-order valence-corrected chi connectivity index (χ4v) is 6.75. The zero-order valence-corrected chi connectivity index (χ0v) is 22.0. The first-order valence-electron chi connectivity index (χ1n) is 12.9. The van der Waals surface area contributed by atoms with Gasteiger partial charge < -0.3 is 15.1 Å². The number of piperazine rings is 1. The van der Waals surface area contributed by atoms with Gasteiger partial charge in [0.25, 0.3) is 5.91 Å². The Labute approximate surface area is 208 Å². The molecule has 0 saturated carbocycles. The fraction of sp³-hybridized carbons (Fsp3) is 0.571. The third-order valence-electron chi connectivity index (χ3n) is 8.30. The van der Waals surface area contributed by atoms with Crippen molar-refractivity contribution >= 4 is 22.2 Å². The number of carbonyl (C=O) groups is 1. The molecule has 1 amide bonds. The number of nitrogens with one attached hydrogen (secondary N) is 3. The van der Waals surface area contributed by atoms with E-state index in [0.29, 0.717) is 23.4 Å². The van der Waals surface area contributed by atoms with E-state index in [0.717, 1.165) is 63.4 Å². The number of fused-ring (bicyclic) bond motifs is 1. The summed E-state index contributed by atoms with van der Waals surface area (Å²) in [5.41, 5.74) is 4.90. The molecular formula is C28H40N4OS+2. The molecule has 1 aromatic carbocycles. The standard InChI is InChI=1S/C28H38N4OS/c1-5-28(3,4)22-10-11-23-24(17-29)27(34-25(23)16-22)30-26(33)19-32-14-12-31(13-15-32)18-21-8-6-20(2)7-9-21/h6-9,22H,5,10-16,18-19H2,1-4H3,(H,30,33)/p+2. The second-order valence-electron chi connectivity index (χ2n) is 11.0. The summed E-state index contributed by atoms with van der Waals surface area (Å²) < 4.78 is 0. The molecule has 1 fully saturated rings. The van der Waals surface area contributed by atoms with E-state index >= 15 is 0 Å². The number of hydrogen-bond acceptors (Lipinski definition) is 3. The summed E-state index contributed by atoms with van der Waals surface area (Å²) in [7, 11) is 0. The highest BCUT2D eigenvalue weighted by atomic mass is 32.1. The number of benzene rings is 1. The van der Waals surface area contributed by atoms with Crippen molar-refractivity contribution in [1.29, 1.82) is 5.26 Å². The van der Waals surface area contributed by atoms with Crippen LogP contribution in [0.15, 0.2) is 24.3 Å². The Morgan fingerprint density at radius 2 is 1.85 bits per heavy atom. The van der Waals surface area contributed by atoms with E-state index in [1.165, 1.54) is 26.5 Å². The van der Waals surface area contributed by atoms with Crippen LogP contribution in [-0.4, -0.2) is 38.6 Å². The van der Waals surface area contributed by atoms with Crippen molar-refractivity contribution in [3.63, 3.8) is 0 Å². The van der Waals surface area contributed by atoms with E-state index in [2.05, 4.69) is 63.3 Å². The van der Waals surface area contributed by atoms with Crippen LogP contribution >= 0.6 is 11.3 Å². The molecule has 1 aromatic heterocycles. The second kappa shape index (κ2) is 10.6. The predicted molar refractivity (Wildman–Crippen MR) is 138 cm³/mol. The highest BCUT2D eigenvalue weighted by molar-refractivity contribution is 7.16. The van der Waals surface area contributed by atoms with Gasteiger partial charge in [-0.05, 0) is 43.1 Å². The highest BCUT2D eigenvalue weighted by Crippen LogP contribution is 2.45. The van der Waals surface area contributed by atoms with Gasteiger partial charge in [0, 0.05) is 10.4 Å². The van der Waals surface area contributed by atoms with Gasteiger partial charge in [-0.3, -0.25) is 4.79 Å². The van der Waals surface area contributed by atoms with Gasteiger partial charge in [-0.25, -0.2) is 0 Å². The van der Waals surface area contributed by atoms with E-state index in [1.54, 1.807) is 16.2 Å². The highest BCUT2D eigenvalue weighted by Gasteiger charge is 2.34. The summed E-state index contributed by atoms with van der Waals surface area (Å²) in [5, 5.41) is 13.7. The van der Waals surface area contributed by atoms with Gasteiger partial charge >= 0.3 is 0 Å². The number of hydrogen-bond donors (Lipinski definition) is 3. The van der Waals surface area contributed by atoms with E-state index in [-0.39, 0.29) is 5.91 Å². The van der Waals surface area contributed by atoms with Gasteiger partial charge in [-0.1, -0.05) is 57.0 Å². The van der Waals surface area contributed by atoms with Crippen molar-refractivity contribution in [2.24, 2.45) is 11.3 Å². The number of thiophene rings is 1. The first kappa shape index (κ1) is 24.9. The van der Waals surface area contributed by atoms with Crippen LogP contribution in [0.1, 0.15) is 60.7 Å². The topological polar surface area (TPSA) is 61.8 Å². The Kier molecular flexibility index (Phi) is 7.77. The lowest BCUT2D eigenvalue weighted by molar-refractivity contribution is -1.02. The van der Waals surface area contributed by atoms with Crippen LogP contribution in [0.3, 0.4) is 0 Å². The molecule has 1 aliphatic carbocycles. The van der Waals surface area contributed by atoms with Gasteiger partial charge in [0.05, 0.1) is 5.56 Å². The Bertz CT molecular complexity index is 1040. The molecule has 0 radical (unpaired) electrons. The molecule has 6 heteroatoms. The number of aryl methyl sites for hydroxylation is 1. The minimum atomic E-state index is 0.0394. The van der Waals surface area contributed by atoms with E-state index in [1.807, 2.05) is 0 Å². The van der Waals surface area contributed by atoms with Crippen LogP contribution < -0.4 is 15.1 Å². The minimum Gasteiger partial charge on any atom is -0.322 e. The Morgan fingerprint density at radius 3 is 2.50 bits per heavy atom. The van der Waals surface area contributed by atoms with Gasteiger partial charge in [0.1, 0.15) is 43.8 Å². The first-order chi connectivity index (χ1) is 16.3. The molecular weight excluding hydrogens is 440 g/mol. The first-order valence-corrected chi connectivity index (χ1v) is 13.7. The minimum absolute atomic E-state index is 0.0394.